The minimum atomic E-state index is -0.00812. The van der Waals surface area contributed by atoms with Gasteiger partial charge in [-0.2, -0.15) is 0 Å². The molecular weight excluding hydrogens is 372 g/mol. The molecule has 0 aliphatic carbocycles. The summed E-state index contributed by atoms with van der Waals surface area (Å²) in [5, 5.41) is 26.1. The lowest BCUT2D eigenvalue weighted by atomic mass is 10.2. The first-order valence-corrected chi connectivity index (χ1v) is 8.62. The number of ketones is 2. The fraction of sp³-hybridized carbons (Fsp3) is 0.300. The Morgan fingerprint density at radius 3 is 1.59 bits per heavy atom. The van der Waals surface area contributed by atoms with Gasteiger partial charge in [0.25, 0.3) is 0 Å². The lowest BCUT2D eigenvalue weighted by molar-refractivity contribution is -0.119. The average Bonchev–Trinajstić information content (AvgIpc) is 2.68. The number of aromatic hydroxyl groups is 1. The van der Waals surface area contributed by atoms with Crippen molar-refractivity contribution in [2.45, 2.75) is 27.1 Å². The third-order valence-electron chi connectivity index (χ3n) is 2.86. The maximum atomic E-state index is 10.6. The lowest BCUT2D eigenvalue weighted by Crippen LogP contribution is -2.06. The second-order valence-electron chi connectivity index (χ2n) is 5.45. The third kappa shape index (κ3) is 13.5. The normalized spacial score (nSPS) is 9.22. The van der Waals surface area contributed by atoms with Crippen molar-refractivity contribution >= 4 is 23.2 Å². The van der Waals surface area contributed by atoms with Crippen LogP contribution in [-0.2, 0) is 22.8 Å². The van der Waals surface area contributed by atoms with Crippen LogP contribution in [0.1, 0.15) is 25.0 Å². The molecule has 0 amide bonds. The van der Waals surface area contributed by atoms with Crippen LogP contribution in [0.5, 0.6) is 11.5 Å². The van der Waals surface area contributed by atoms with E-state index in [1.807, 2.05) is 0 Å². The van der Waals surface area contributed by atoms with Gasteiger partial charge in [0.05, 0.1) is 19.1 Å². The molecule has 2 aromatic carbocycles. The zero-order valence-electron chi connectivity index (χ0n) is 15.4. The molecule has 0 aliphatic rings. The van der Waals surface area contributed by atoms with E-state index in [2.05, 4.69) is 0 Å². The van der Waals surface area contributed by atoms with Crippen molar-refractivity contribution in [2.75, 3.05) is 12.5 Å². The highest BCUT2D eigenvalue weighted by molar-refractivity contribution is 6.27. The highest BCUT2D eigenvalue weighted by Crippen LogP contribution is 2.11. The number of halogens is 1. The second-order valence-corrected chi connectivity index (χ2v) is 5.72. The highest BCUT2D eigenvalue weighted by Gasteiger charge is 1.96. The van der Waals surface area contributed by atoms with Crippen LogP contribution in [0.4, 0.5) is 0 Å². The van der Waals surface area contributed by atoms with Crippen molar-refractivity contribution in [3.05, 3.63) is 59.7 Å². The predicted octanol–water partition coefficient (Wildman–Crippen LogP) is 2.85. The number of aliphatic hydroxyl groups is 2. The van der Waals surface area contributed by atoms with Gasteiger partial charge in [0, 0.05) is 0 Å². The Morgan fingerprint density at radius 2 is 1.26 bits per heavy atom. The molecular formula is C20H25ClO6. The van der Waals surface area contributed by atoms with Gasteiger partial charge in [-0.3, -0.25) is 9.59 Å². The van der Waals surface area contributed by atoms with Crippen LogP contribution in [0.3, 0.4) is 0 Å². The Bertz CT molecular complexity index is 668. The molecule has 0 heterocycles. The predicted molar refractivity (Wildman–Crippen MR) is 104 cm³/mol. The lowest BCUT2D eigenvalue weighted by Gasteiger charge is -2.03. The van der Waals surface area contributed by atoms with Gasteiger partial charge < -0.3 is 20.1 Å². The molecule has 0 saturated carbocycles. The number of carbonyl (C=O) groups is 2. The minimum absolute atomic E-state index is 0.00812. The van der Waals surface area contributed by atoms with Crippen molar-refractivity contribution in [1.29, 1.82) is 0 Å². The molecule has 0 bridgehead atoms. The highest BCUT2D eigenvalue weighted by atomic mass is 35.5. The zero-order chi connectivity index (χ0) is 20.7. The fourth-order valence-corrected chi connectivity index (χ4v) is 1.48. The molecule has 0 aliphatic heterocycles. The molecule has 0 atom stereocenters. The van der Waals surface area contributed by atoms with Crippen LogP contribution in [0.2, 0.25) is 0 Å². The maximum absolute atomic E-state index is 10.6. The Hall–Kier alpha value is -2.41. The van der Waals surface area contributed by atoms with Crippen LogP contribution in [0.15, 0.2) is 48.5 Å². The van der Waals surface area contributed by atoms with E-state index in [0.717, 1.165) is 11.1 Å². The van der Waals surface area contributed by atoms with Crippen molar-refractivity contribution in [3.63, 3.8) is 0 Å². The first-order chi connectivity index (χ1) is 12.8. The van der Waals surface area contributed by atoms with Gasteiger partial charge >= 0.3 is 0 Å². The molecule has 0 saturated heterocycles. The van der Waals surface area contributed by atoms with E-state index >= 15 is 0 Å². The monoisotopic (exact) mass is 396 g/mol. The van der Waals surface area contributed by atoms with Gasteiger partial charge in [-0.1, -0.05) is 24.3 Å². The summed E-state index contributed by atoms with van der Waals surface area (Å²) in [6.45, 7) is 3.07. The van der Waals surface area contributed by atoms with Crippen molar-refractivity contribution in [2.24, 2.45) is 0 Å². The zero-order valence-corrected chi connectivity index (χ0v) is 16.1. The Labute approximate surface area is 164 Å². The van der Waals surface area contributed by atoms with Gasteiger partial charge in [0.2, 0.25) is 0 Å². The summed E-state index contributed by atoms with van der Waals surface area (Å²) < 4.78 is 5.14. The molecule has 0 aromatic heterocycles. The summed E-state index contributed by atoms with van der Waals surface area (Å²) in [7, 11) is 0. The van der Waals surface area contributed by atoms with E-state index in [-0.39, 0.29) is 43.0 Å². The molecule has 0 radical (unpaired) electrons. The van der Waals surface area contributed by atoms with Gasteiger partial charge in [-0.25, -0.2) is 0 Å². The number of hydrogen-bond acceptors (Lipinski definition) is 6. The van der Waals surface area contributed by atoms with E-state index in [1.54, 1.807) is 48.5 Å². The van der Waals surface area contributed by atoms with E-state index in [4.69, 9.17) is 31.7 Å². The van der Waals surface area contributed by atoms with Crippen molar-refractivity contribution in [3.8, 4) is 11.5 Å². The molecule has 148 valence electrons. The van der Waals surface area contributed by atoms with Gasteiger partial charge in [0.1, 0.15) is 23.9 Å². The molecule has 2 aromatic rings. The number of ether oxygens (including phenoxy) is 1. The molecule has 6 nitrogen and oxygen atoms in total. The SMILES string of the molecule is CC(=O)CCl.CC(=O)COc1ccc(CO)cc1.OCc1ccc(O)cc1. The molecule has 0 unspecified atom stereocenters. The van der Waals surface area contributed by atoms with Gasteiger partial charge in [-0.15, -0.1) is 11.6 Å². The number of hydrogen-bond donors (Lipinski definition) is 3. The third-order valence-corrected chi connectivity index (χ3v) is 3.23. The van der Waals surface area contributed by atoms with E-state index < -0.39 is 0 Å². The molecule has 2 rings (SSSR count). The van der Waals surface area contributed by atoms with Crippen LogP contribution in [-0.4, -0.2) is 39.4 Å². The van der Waals surface area contributed by atoms with Crippen LogP contribution in [0.25, 0.3) is 0 Å². The smallest absolute Gasteiger partial charge is 0.167 e. The van der Waals surface area contributed by atoms with Crippen LogP contribution >= 0.6 is 11.6 Å². The molecule has 27 heavy (non-hydrogen) atoms. The van der Waals surface area contributed by atoms with E-state index in [9.17, 15) is 9.59 Å². The number of phenols is 1. The number of aliphatic hydroxyl groups excluding tert-OH is 2. The second kappa shape index (κ2) is 14.7. The molecule has 0 spiro atoms. The van der Waals surface area contributed by atoms with E-state index in [0.29, 0.717) is 5.75 Å². The first kappa shape index (κ1) is 24.6. The largest absolute Gasteiger partial charge is 0.508 e. The van der Waals surface area contributed by atoms with Crippen LogP contribution < -0.4 is 4.74 Å². The van der Waals surface area contributed by atoms with Crippen molar-refractivity contribution in [1.82, 2.24) is 0 Å². The number of rotatable bonds is 6. The standard InChI is InChI=1S/C10H12O3.C7H8O2.C3H5ClO/c1-8(12)7-13-10-4-2-9(6-11)3-5-10;8-5-6-1-3-7(9)4-2-6;1-3(5)2-4/h2-5,11H,6-7H2,1H3;1-4,8-9H,5H2;2H2,1H3. The number of carbonyl (C=O) groups excluding carboxylic acids is 2. The fourth-order valence-electron chi connectivity index (χ4n) is 1.48. The van der Waals surface area contributed by atoms with Crippen LogP contribution in [0, 0.1) is 0 Å². The Morgan fingerprint density at radius 1 is 0.852 bits per heavy atom. The van der Waals surface area contributed by atoms with Crippen molar-refractivity contribution < 1.29 is 29.6 Å². The summed E-state index contributed by atoms with van der Waals surface area (Å²) in [6.07, 6.45) is 0. The Kier molecular flexibility index (Phi) is 13.4. The van der Waals surface area contributed by atoms with Gasteiger partial charge in [-0.05, 0) is 49.2 Å². The Balaban J connectivity index is 0.000000419. The summed E-state index contributed by atoms with van der Waals surface area (Å²) in [4.78, 5) is 20.3. The quantitative estimate of drug-likeness (QED) is 0.648. The molecule has 0 fully saturated rings. The topological polar surface area (TPSA) is 104 Å². The number of phenolic OH excluding ortho intramolecular Hbond substituents is 1. The van der Waals surface area contributed by atoms with E-state index in [1.165, 1.54) is 13.8 Å². The maximum Gasteiger partial charge on any atom is 0.167 e. The summed E-state index contributed by atoms with van der Waals surface area (Å²) >= 11 is 4.99. The summed E-state index contributed by atoms with van der Waals surface area (Å²) in [5.41, 5.74) is 1.64. The summed E-state index contributed by atoms with van der Waals surface area (Å²) in [5.74, 6) is 1.03. The first-order valence-electron chi connectivity index (χ1n) is 8.08. The number of Topliss-reactive ketones (excluding diaryl/α,β-unsaturated/α-hetero) is 2. The number of alkyl halides is 1. The minimum Gasteiger partial charge on any atom is -0.508 e. The molecule has 7 heteroatoms. The number of benzene rings is 2. The van der Waals surface area contributed by atoms with Gasteiger partial charge in [0.15, 0.2) is 5.78 Å². The average molecular weight is 397 g/mol. The summed E-state index contributed by atoms with van der Waals surface area (Å²) in [6, 6.07) is 13.4. The molecule has 3 N–H and O–H groups in total.